The van der Waals surface area contributed by atoms with Gasteiger partial charge in [-0.3, -0.25) is 4.90 Å². The van der Waals surface area contributed by atoms with E-state index in [0.29, 0.717) is 5.56 Å². The molecule has 0 unspecified atom stereocenters. The van der Waals surface area contributed by atoms with Crippen molar-refractivity contribution in [1.29, 1.82) is 0 Å². The van der Waals surface area contributed by atoms with Crippen LogP contribution in [0.1, 0.15) is 12.3 Å². The first-order valence-electron chi connectivity index (χ1n) is 6.76. The van der Waals surface area contributed by atoms with Crippen LogP contribution in [0.15, 0.2) is 34.7 Å². The molecule has 0 aliphatic rings. The van der Waals surface area contributed by atoms with Crippen LogP contribution in [-0.4, -0.2) is 46.1 Å². The van der Waals surface area contributed by atoms with Gasteiger partial charge in [-0.1, -0.05) is 18.2 Å². The Balaban J connectivity index is 2.05. The Bertz CT molecular complexity index is 572. The zero-order valence-electron chi connectivity index (χ0n) is 11.8. The normalized spacial score (nSPS) is 12.0. The van der Waals surface area contributed by atoms with Crippen molar-refractivity contribution in [2.45, 2.75) is 19.1 Å². The molecule has 0 fully saturated rings. The number of rotatable bonds is 7. The monoisotopic (exact) mass is 315 g/mol. The molecule has 2 aromatic rings. The van der Waals surface area contributed by atoms with E-state index in [1.807, 2.05) is 6.07 Å². The van der Waals surface area contributed by atoms with Gasteiger partial charge in [-0.25, -0.2) is 0 Å². The lowest BCUT2D eigenvalue weighted by atomic mass is 10.2. The van der Waals surface area contributed by atoms with Crippen molar-refractivity contribution in [3.8, 4) is 11.5 Å². The quantitative estimate of drug-likeness (QED) is 0.850. The van der Waals surface area contributed by atoms with Gasteiger partial charge in [-0.2, -0.15) is 13.2 Å². The highest BCUT2D eigenvalue weighted by Gasteiger charge is 2.31. The van der Waals surface area contributed by atoms with Gasteiger partial charge in [0, 0.05) is 18.7 Å². The number of alkyl halides is 3. The molecule has 0 aliphatic carbocycles. The fourth-order valence-electron chi connectivity index (χ4n) is 1.97. The molecule has 0 amide bonds. The van der Waals surface area contributed by atoms with E-state index in [2.05, 4.69) is 10.2 Å². The second-order valence-corrected chi connectivity index (χ2v) is 4.77. The lowest BCUT2D eigenvalue weighted by Gasteiger charge is -2.21. The van der Waals surface area contributed by atoms with E-state index in [-0.39, 0.29) is 37.9 Å². The van der Waals surface area contributed by atoms with Crippen LogP contribution in [0.5, 0.6) is 0 Å². The number of aliphatic hydroxyl groups excluding tert-OH is 1. The fourth-order valence-corrected chi connectivity index (χ4v) is 1.97. The molecule has 2 rings (SSSR count). The summed E-state index contributed by atoms with van der Waals surface area (Å²) in [4.78, 5) is 1.12. The second-order valence-electron chi connectivity index (χ2n) is 4.77. The predicted molar refractivity (Wildman–Crippen MR) is 72.8 cm³/mol. The summed E-state index contributed by atoms with van der Waals surface area (Å²) >= 11 is 0. The molecule has 1 heterocycles. The molecule has 0 aliphatic heterocycles. The van der Waals surface area contributed by atoms with E-state index in [1.54, 1.807) is 24.3 Å². The van der Waals surface area contributed by atoms with Gasteiger partial charge >= 0.3 is 6.18 Å². The Hall–Kier alpha value is -1.93. The van der Waals surface area contributed by atoms with Crippen molar-refractivity contribution in [2.24, 2.45) is 0 Å². The lowest BCUT2D eigenvalue weighted by Crippen LogP contribution is -2.35. The third-order valence-electron chi connectivity index (χ3n) is 2.88. The Labute approximate surface area is 125 Å². The molecule has 0 saturated heterocycles. The van der Waals surface area contributed by atoms with Gasteiger partial charge in [0.15, 0.2) is 0 Å². The summed E-state index contributed by atoms with van der Waals surface area (Å²) < 4.78 is 43.0. The van der Waals surface area contributed by atoms with Gasteiger partial charge in [0.05, 0.1) is 13.1 Å². The maximum absolute atomic E-state index is 12.5. The van der Waals surface area contributed by atoms with Crippen LogP contribution in [0.25, 0.3) is 11.5 Å². The molecule has 5 nitrogen and oxygen atoms in total. The maximum Gasteiger partial charge on any atom is 0.401 e. The van der Waals surface area contributed by atoms with E-state index in [0.717, 1.165) is 4.90 Å². The number of halogens is 3. The maximum atomic E-state index is 12.5. The molecule has 8 heteroatoms. The summed E-state index contributed by atoms with van der Waals surface area (Å²) in [6.07, 6.45) is -4.08. The molecule has 1 aromatic heterocycles. The number of hydrogen-bond donors (Lipinski definition) is 1. The van der Waals surface area contributed by atoms with Crippen molar-refractivity contribution >= 4 is 0 Å². The minimum Gasteiger partial charge on any atom is -0.419 e. The van der Waals surface area contributed by atoms with Crippen molar-refractivity contribution in [3.63, 3.8) is 0 Å². The number of aromatic nitrogens is 2. The minimum atomic E-state index is -4.32. The SMILES string of the molecule is OCCCN(Cc1nnc(-c2ccccc2)o1)CC(F)(F)F. The third kappa shape index (κ3) is 5.12. The number of nitrogens with zero attached hydrogens (tertiary/aromatic N) is 3. The standard InChI is InChI=1S/C14H16F3N3O2/c15-14(16,17)10-20(7-4-8-21)9-12-18-19-13(22-12)11-5-2-1-3-6-11/h1-3,5-6,21H,4,7-10H2. The Morgan fingerprint density at radius 2 is 1.86 bits per heavy atom. The zero-order chi connectivity index (χ0) is 16.0. The summed E-state index contributed by atoms with van der Waals surface area (Å²) in [5, 5.41) is 16.4. The van der Waals surface area contributed by atoms with Gasteiger partial charge in [0.25, 0.3) is 0 Å². The van der Waals surface area contributed by atoms with E-state index < -0.39 is 12.7 Å². The minimum absolute atomic E-state index is 0.0963. The van der Waals surface area contributed by atoms with E-state index in [4.69, 9.17) is 9.52 Å². The second kappa shape index (κ2) is 7.37. The average Bonchev–Trinajstić information content (AvgIpc) is 2.93. The first-order valence-corrected chi connectivity index (χ1v) is 6.76. The van der Waals surface area contributed by atoms with E-state index >= 15 is 0 Å². The van der Waals surface area contributed by atoms with Crippen LogP contribution in [0.4, 0.5) is 13.2 Å². The van der Waals surface area contributed by atoms with Crippen LogP contribution >= 0.6 is 0 Å². The molecule has 0 spiro atoms. The molecule has 22 heavy (non-hydrogen) atoms. The summed E-state index contributed by atoms with van der Waals surface area (Å²) in [5.74, 6) is 0.380. The Morgan fingerprint density at radius 1 is 1.14 bits per heavy atom. The van der Waals surface area contributed by atoms with Crippen LogP contribution in [0.2, 0.25) is 0 Å². The van der Waals surface area contributed by atoms with Crippen molar-refractivity contribution in [1.82, 2.24) is 15.1 Å². The predicted octanol–water partition coefficient (Wildman–Crippen LogP) is 2.48. The van der Waals surface area contributed by atoms with Gasteiger partial charge in [-0.05, 0) is 18.6 Å². The van der Waals surface area contributed by atoms with Crippen LogP contribution in [0.3, 0.4) is 0 Å². The first kappa shape index (κ1) is 16.4. The number of aliphatic hydroxyl groups is 1. The summed E-state index contributed by atoms with van der Waals surface area (Å²) in [6, 6.07) is 8.99. The highest BCUT2D eigenvalue weighted by Crippen LogP contribution is 2.20. The first-order chi connectivity index (χ1) is 10.5. The van der Waals surface area contributed by atoms with Crippen LogP contribution in [-0.2, 0) is 6.54 Å². The number of benzene rings is 1. The summed E-state index contributed by atoms with van der Waals surface area (Å²) in [7, 11) is 0. The highest BCUT2D eigenvalue weighted by molar-refractivity contribution is 5.51. The van der Waals surface area contributed by atoms with E-state index in [1.165, 1.54) is 0 Å². The summed E-state index contributed by atoms with van der Waals surface area (Å²) in [6.45, 7) is -1.28. The average molecular weight is 315 g/mol. The topological polar surface area (TPSA) is 62.4 Å². The van der Waals surface area contributed by atoms with Crippen molar-refractivity contribution in [2.75, 3.05) is 19.7 Å². The van der Waals surface area contributed by atoms with Gasteiger partial charge in [0.1, 0.15) is 0 Å². The van der Waals surface area contributed by atoms with Gasteiger partial charge in [0.2, 0.25) is 11.8 Å². The lowest BCUT2D eigenvalue weighted by molar-refractivity contribution is -0.148. The Kier molecular flexibility index (Phi) is 5.51. The van der Waals surface area contributed by atoms with Gasteiger partial charge in [-0.15, -0.1) is 10.2 Å². The highest BCUT2D eigenvalue weighted by atomic mass is 19.4. The van der Waals surface area contributed by atoms with Crippen LogP contribution in [0, 0.1) is 0 Å². The fraction of sp³-hybridized carbons (Fsp3) is 0.429. The van der Waals surface area contributed by atoms with E-state index in [9.17, 15) is 13.2 Å². The molecular formula is C14H16F3N3O2. The zero-order valence-corrected chi connectivity index (χ0v) is 11.8. The molecule has 1 aromatic carbocycles. The molecule has 0 saturated carbocycles. The summed E-state index contributed by atoms with van der Waals surface area (Å²) in [5.41, 5.74) is 0.707. The molecule has 0 radical (unpaired) electrons. The smallest absolute Gasteiger partial charge is 0.401 e. The van der Waals surface area contributed by atoms with Crippen molar-refractivity contribution < 1.29 is 22.7 Å². The molecule has 0 bridgehead atoms. The van der Waals surface area contributed by atoms with Crippen LogP contribution < -0.4 is 0 Å². The van der Waals surface area contributed by atoms with Crippen molar-refractivity contribution in [3.05, 3.63) is 36.2 Å². The molecule has 120 valence electrons. The Morgan fingerprint density at radius 3 is 2.50 bits per heavy atom. The number of hydrogen-bond acceptors (Lipinski definition) is 5. The third-order valence-corrected chi connectivity index (χ3v) is 2.88. The van der Waals surface area contributed by atoms with Gasteiger partial charge < -0.3 is 9.52 Å². The largest absolute Gasteiger partial charge is 0.419 e. The molecule has 1 N–H and O–H groups in total. The molecule has 0 atom stereocenters. The molecular weight excluding hydrogens is 299 g/mol.